The minimum atomic E-state index is -0.391. The van der Waals surface area contributed by atoms with Gasteiger partial charge in [0.2, 0.25) is 0 Å². The number of hydrogen-bond donors (Lipinski definition) is 1. The molecule has 5 nitrogen and oxygen atoms in total. The Morgan fingerprint density at radius 2 is 2.06 bits per heavy atom. The highest BCUT2D eigenvalue weighted by Crippen LogP contribution is 2.11. The number of ether oxygens (including phenoxy) is 1. The predicted octanol–water partition coefficient (Wildman–Crippen LogP) is 1.97. The molecule has 0 aliphatic heterocycles. The molecule has 0 saturated carbocycles. The zero-order valence-electron chi connectivity index (χ0n) is 10.2. The van der Waals surface area contributed by atoms with Crippen LogP contribution in [0.15, 0.2) is 24.3 Å². The maximum Gasteiger partial charge on any atom is 0.269 e. The summed E-state index contributed by atoms with van der Waals surface area (Å²) in [5.74, 6) is 0.457. The molecule has 0 radical (unpaired) electrons. The van der Waals surface area contributed by atoms with Gasteiger partial charge in [-0.2, -0.15) is 0 Å². The Morgan fingerprint density at radius 1 is 1.41 bits per heavy atom. The van der Waals surface area contributed by atoms with Crippen molar-refractivity contribution in [2.45, 2.75) is 13.5 Å². The molecule has 94 valence electrons. The van der Waals surface area contributed by atoms with E-state index in [1.165, 1.54) is 12.1 Å². The number of hydrogen-bond acceptors (Lipinski definition) is 4. The van der Waals surface area contributed by atoms with Gasteiger partial charge >= 0.3 is 0 Å². The number of non-ortho nitro benzene ring substituents is 1. The van der Waals surface area contributed by atoms with Crippen LogP contribution in [0.25, 0.3) is 0 Å². The second-order valence-corrected chi connectivity index (χ2v) is 4.11. The molecule has 0 heterocycles. The molecule has 1 rings (SSSR count). The van der Waals surface area contributed by atoms with Crippen molar-refractivity contribution in [1.82, 2.24) is 5.32 Å². The highest BCUT2D eigenvalue weighted by Gasteiger charge is 2.04. The first-order chi connectivity index (χ1) is 8.13. The summed E-state index contributed by atoms with van der Waals surface area (Å²) in [7, 11) is 1.69. The molecule has 0 saturated heterocycles. The van der Waals surface area contributed by atoms with E-state index in [2.05, 4.69) is 12.2 Å². The molecule has 0 aliphatic rings. The van der Waals surface area contributed by atoms with Gasteiger partial charge in [-0.05, 0) is 11.5 Å². The highest BCUT2D eigenvalue weighted by atomic mass is 16.6. The molecule has 0 aliphatic carbocycles. The molecular weight excluding hydrogens is 220 g/mol. The second kappa shape index (κ2) is 6.98. The molecule has 1 aromatic carbocycles. The SMILES string of the molecule is COCC(C)CNCc1ccc([N+](=O)[O-])cc1. The van der Waals surface area contributed by atoms with Crippen LogP contribution in [0.2, 0.25) is 0 Å². The van der Waals surface area contributed by atoms with Gasteiger partial charge in [-0.3, -0.25) is 10.1 Å². The van der Waals surface area contributed by atoms with Gasteiger partial charge < -0.3 is 10.1 Å². The Labute approximate surface area is 101 Å². The topological polar surface area (TPSA) is 64.4 Å². The van der Waals surface area contributed by atoms with Gasteiger partial charge in [-0.15, -0.1) is 0 Å². The van der Waals surface area contributed by atoms with Gasteiger partial charge in [0.25, 0.3) is 5.69 Å². The Hall–Kier alpha value is -1.46. The number of nitrogens with one attached hydrogen (secondary N) is 1. The largest absolute Gasteiger partial charge is 0.384 e. The van der Waals surface area contributed by atoms with E-state index in [0.717, 1.165) is 18.7 Å². The summed E-state index contributed by atoms with van der Waals surface area (Å²) in [6.45, 7) is 4.41. The van der Waals surface area contributed by atoms with E-state index in [0.29, 0.717) is 12.5 Å². The quantitative estimate of drug-likeness (QED) is 0.582. The van der Waals surface area contributed by atoms with Gasteiger partial charge in [-0.25, -0.2) is 0 Å². The van der Waals surface area contributed by atoms with Gasteiger partial charge in [0.15, 0.2) is 0 Å². The Balaban J connectivity index is 2.34. The third-order valence-corrected chi connectivity index (χ3v) is 2.42. The van der Waals surface area contributed by atoms with Gasteiger partial charge in [-0.1, -0.05) is 19.1 Å². The standard InChI is InChI=1S/C12H18N2O3/c1-10(9-17-2)7-13-8-11-3-5-12(6-4-11)14(15)16/h3-6,10,13H,7-9H2,1-2H3. The summed E-state index contributed by atoms with van der Waals surface area (Å²) >= 11 is 0. The van der Waals surface area contributed by atoms with Crippen LogP contribution in [0.4, 0.5) is 5.69 Å². The van der Waals surface area contributed by atoms with E-state index < -0.39 is 4.92 Å². The monoisotopic (exact) mass is 238 g/mol. The zero-order chi connectivity index (χ0) is 12.7. The van der Waals surface area contributed by atoms with Crippen molar-refractivity contribution in [2.75, 3.05) is 20.3 Å². The predicted molar refractivity (Wildman–Crippen MR) is 65.8 cm³/mol. The minimum Gasteiger partial charge on any atom is -0.384 e. The molecule has 0 aromatic heterocycles. The fourth-order valence-electron chi connectivity index (χ4n) is 1.54. The van der Waals surface area contributed by atoms with Crippen molar-refractivity contribution in [3.63, 3.8) is 0 Å². The van der Waals surface area contributed by atoms with E-state index in [1.54, 1.807) is 19.2 Å². The maximum atomic E-state index is 10.5. The molecule has 1 atom stereocenters. The van der Waals surface area contributed by atoms with Crippen LogP contribution >= 0.6 is 0 Å². The molecule has 0 spiro atoms. The lowest BCUT2D eigenvalue weighted by Gasteiger charge is -2.11. The van der Waals surface area contributed by atoms with Gasteiger partial charge in [0, 0.05) is 38.9 Å². The molecular formula is C12H18N2O3. The summed E-state index contributed by atoms with van der Waals surface area (Å²) in [5, 5.41) is 13.7. The molecule has 17 heavy (non-hydrogen) atoms. The van der Waals surface area contributed by atoms with Crippen molar-refractivity contribution in [3.8, 4) is 0 Å². The van der Waals surface area contributed by atoms with Gasteiger partial charge in [0.1, 0.15) is 0 Å². The Kier molecular flexibility index (Phi) is 5.59. The number of rotatable bonds is 7. The lowest BCUT2D eigenvalue weighted by molar-refractivity contribution is -0.384. The Morgan fingerprint density at radius 3 is 2.59 bits per heavy atom. The third-order valence-electron chi connectivity index (χ3n) is 2.42. The first-order valence-corrected chi connectivity index (χ1v) is 5.56. The fraction of sp³-hybridized carbons (Fsp3) is 0.500. The zero-order valence-corrected chi connectivity index (χ0v) is 10.2. The molecule has 1 N–H and O–H groups in total. The summed E-state index contributed by atoms with van der Waals surface area (Å²) in [5.41, 5.74) is 1.17. The lowest BCUT2D eigenvalue weighted by atomic mass is 10.1. The first kappa shape index (κ1) is 13.6. The van der Waals surface area contributed by atoms with Crippen LogP contribution in [0.1, 0.15) is 12.5 Å². The van der Waals surface area contributed by atoms with E-state index in [1.807, 2.05) is 0 Å². The number of nitrogens with zero attached hydrogens (tertiary/aromatic N) is 1. The highest BCUT2D eigenvalue weighted by molar-refractivity contribution is 5.32. The third kappa shape index (κ3) is 4.93. The fourth-order valence-corrected chi connectivity index (χ4v) is 1.54. The molecule has 0 bridgehead atoms. The van der Waals surface area contributed by atoms with Crippen LogP contribution in [0.5, 0.6) is 0 Å². The van der Waals surface area contributed by atoms with Crippen LogP contribution in [-0.2, 0) is 11.3 Å². The number of nitro groups is 1. The maximum absolute atomic E-state index is 10.5. The molecule has 0 fully saturated rings. The van der Waals surface area contributed by atoms with E-state index in [-0.39, 0.29) is 5.69 Å². The van der Waals surface area contributed by atoms with Crippen LogP contribution in [-0.4, -0.2) is 25.2 Å². The van der Waals surface area contributed by atoms with Crippen LogP contribution in [0.3, 0.4) is 0 Å². The Bertz CT molecular complexity index is 351. The molecule has 1 aromatic rings. The van der Waals surface area contributed by atoms with Crippen molar-refractivity contribution < 1.29 is 9.66 Å². The van der Waals surface area contributed by atoms with Crippen LogP contribution in [0, 0.1) is 16.0 Å². The van der Waals surface area contributed by atoms with Crippen molar-refractivity contribution in [1.29, 1.82) is 0 Å². The minimum absolute atomic E-state index is 0.126. The van der Waals surface area contributed by atoms with Crippen molar-refractivity contribution in [3.05, 3.63) is 39.9 Å². The number of nitro benzene ring substituents is 1. The summed E-state index contributed by atoms with van der Waals surface area (Å²) < 4.78 is 5.03. The van der Waals surface area contributed by atoms with E-state index in [4.69, 9.17) is 4.74 Å². The molecule has 1 unspecified atom stereocenters. The molecule has 0 amide bonds. The average molecular weight is 238 g/mol. The second-order valence-electron chi connectivity index (χ2n) is 4.11. The van der Waals surface area contributed by atoms with E-state index in [9.17, 15) is 10.1 Å². The molecule has 5 heteroatoms. The van der Waals surface area contributed by atoms with Crippen molar-refractivity contribution in [2.24, 2.45) is 5.92 Å². The van der Waals surface area contributed by atoms with Crippen molar-refractivity contribution >= 4 is 5.69 Å². The normalized spacial score (nSPS) is 12.4. The smallest absolute Gasteiger partial charge is 0.269 e. The number of methoxy groups -OCH3 is 1. The summed E-state index contributed by atoms with van der Waals surface area (Å²) in [4.78, 5) is 10.1. The van der Waals surface area contributed by atoms with Crippen LogP contribution < -0.4 is 5.32 Å². The van der Waals surface area contributed by atoms with E-state index >= 15 is 0 Å². The average Bonchev–Trinajstić information content (AvgIpc) is 2.30. The summed E-state index contributed by atoms with van der Waals surface area (Å²) in [6, 6.07) is 6.59. The lowest BCUT2D eigenvalue weighted by Crippen LogP contribution is -2.23. The first-order valence-electron chi connectivity index (χ1n) is 5.56. The summed E-state index contributed by atoms with van der Waals surface area (Å²) in [6.07, 6.45) is 0. The number of benzene rings is 1. The van der Waals surface area contributed by atoms with Gasteiger partial charge in [0.05, 0.1) is 4.92 Å².